The van der Waals surface area contributed by atoms with Crippen LogP contribution in [0.25, 0.3) is 0 Å². The molecule has 3 N–H and O–H groups in total. The summed E-state index contributed by atoms with van der Waals surface area (Å²) in [4.78, 5) is 73.1. The van der Waals surface area contributed by atoms with Crippen molar-refractivity contribution in [2.24, 2.45) is 23.7 Å². The Balaban J connectivity index is 5.25. The number of hydrogen-bond donors (Lipinski definition) is 3. The zero-order valence-corrected chi connectivity index (χ0v) is 69.0. The maximum atomic E-state index is 13.1. The van der Waals surface area contributed by atoms with E-state index in [1.807, 2.05) is 0 Å². The fourth-order valence-corrected chi connectivity index (χ4v) is 14.3. The third-order valence-corrected chi connectivity index (χ3v) is 21.6. The summed E-state index contributed by atoms with van der Waals surface area (Å²) >= 11 is 0. The number of hydrogen-bond acceptors (Lipinski definition) is 15. The SMILES string of the molecule is CCC(C)CCCCCCCCCCCCCCCCC(=O)OC[C@H](COP(=O)(O)OCC(O)COP(=O)(O)OC[C@@H](COC(=O)CCCCCCCCCC(C)C)OC(=O)CCCCCCCCCCCCCCCCC(C)C)OC(=O)CCCCCCCCCCCCCCCCC(C)C. The molecule has 102 heavy (non-hydrogen) atoms. The fourth-order valence-electron chi connectivity index (χ4n) is 12.8. The lowest BCUT2D eigenvalue weighted by molar-refractivity contribution is -0.161. The van der Waals surface area contributed by atoms with Gasteiger partial charge in [0.05, 0.1) is 26.4 Å². The second-order valence-corrected chi connectivity index (χ2v) is 34.4. The van der Waals surface area contributed by atoms with E-state index in [9.17, 15) is 43.2 Å². The number of phosphoric ester groups is 2. The standard InChI is InChI=1S/C83H162O17P2/c1-9-76(8)62-54-46-38-30-24-18-12-15-19-25-31-39-47-55-63-80(85)93-69-78(99-82(87)65-57-49-40-32-26-20-13-10-16-22-28-35-43-51-59-73(2)3)71-97-101(89,90)95-67-77(84)68-96-102(91,92)98-72-79(70-94-81(86)64-56-48-42-34-37-45-53-61-75(6)7)100-83(88)66-58-50-41-33-27-21-14-11-17-23-29-36-44-52-60-74(4)5/h73-79,84H,9-72H2,1-8H3,(H,89,90)(H,91,92)/t76?,77?,78-,79-/m1/s1. The first kappa shape index (κ1) is 100. The van der Waals surface area contributed by atoms with E-state index in [4.69, 9.17) is 37.0 Å². The van der Waals surface area contributed by atoms with Crippen LogP contribution in [0.3, 0.4) is 0 Å². The minimum absolute atomic E-state index is 0.106. The van der Waals surface area contributed by atoms with Crippen molar-refractivity contribution >= 4 is 39.5 Å². The van der Waals surface area contributed by atoms with Gasteiger partial charge in [-0.3, -0.25) is 37.3 Å². The van der Waals surface area contributed by atoms with Gasteiger partial charge in [-0.15, -0.1) is 0 Å². The lowest BCUT2D eigenvalue weighted by Gasteiger charge is -2.21. The third-order valence-electron chi connectivity index (χ3n) is 19.7. The molecule has 0 aliphatic carbocycles. The number of ether oxygens (including phenoxy) is 4. The van der Waals surface area contributed by atoms with E-state index in [0.29, 0.717) is 31.6 Å². The molecule has 0 rings (SSSR count). The molecule has 0 bridgehead atoms. The Labute approximate surface area is 626 Å². The summed E-state index contributed by atoms with van der Waals surface area (Å²) in [5.41, 5.74) is 0. The number of phosphoric acid groups is 2. The van der Waals surface area contributed by atoms with Crippen molar-refractivity contribution < 1.29 is 80.2 Å². The normalized spacial score (nSPS) is 14.3. The molecule has 0 aliphatic rings. The second kappa shape index (κ2) is 72.0. The molecule has 606 valence electrons. The van der Waals surface area contributed by atoms with Crippen LogP contribution in [0.4, 0.5) is 0 Å². The van der Waals surface area contributed by atoms with Gasteiger partial charge >= 0.3 is 39.5 Å². The van der Waals surface area contributed by atoms with Gasteiger partial charge in [-0.25, -0.2) is 9.13 Å². The Morgan fingerprint density at radius 3 is 0.696 bits per heavy atom. The first-order valence-corrected chi connectivity index (χ1v) is 45.7. The van der Waals surface area contributed by atoms with Gasteiger partial charge in [-0.05, 0) is 49.4 Å². The quantitative estimate of drug-likeness (QED) is 0.0222. The molecule has 0 amide bonds. The number of aliphatic hydroxyl groups is 1. The third kappa shape index (κ3) is 74.9. The van der Waals surface area contributed by atoms with Crippen molar-refractivity contribution in [1.82, 2.24) is 0 Å². The highest BCUT2D eigenvalue weighted by atomic mass is 31.2. The number of unbranched alkanes of at least 4 members (excludes halogenated alkanes) is 45. The maximum absolute atomic E-state index is 13.1. The lowest BCUT2D eigenvalue weighted by Crippen LogP contribution is -2.30. The van der Waals surface area contributed by atoms with Gasteiger partial charge in [0.2, 0.25) is 0 Å². The Morgan fingerprint density at radius 2 is 0.471 bits per heavy atom. The number of carbonyl (C=O) groups excluding carboxylic acids is 4. The van der Waals surface area contributed by atoms with Gasteiger partial charge in [-0.2, -0.15) is 0 Å². The minimum Gasteiger partial charge on any atom is -0.462 e. The van der Waals surface area contributed by atoms with E-state index < -0.39 is 97.5 Å². The van der Waals surface area contributed by atoms with Crippen LogP contribution in [0, 0.1) is 23.7 Å². The van der Waals surface area contributed by atoms with Crippen LogP contribution in [0.5, 0.6) is 0 Å². The first-order chi connectivity index (χ1) is 49.1. The van der Waals surface area contributed by atoms with Crippen LogP contribution in [-0.4, -0.2) is 96.7 Å². The maximum Gasteiger partial charge on any atom is 0.472 e. The molecule has 0 aromatic carbocycles. The van der Waals surface area contributed by atoms with E-state index >= 15 is 0 Å². The Morgan fingerprint density at radius 1 is 0.275 bits per heavy atom. The van der Waals surface area contributed by atoms with Crippen LogP contribution in [0.1, 0.15) is 428 Å². The first-order valence-electron chi connectivity index (χ1n) is 42.7. The van der Waals surface area contributed by atoms with Gasteiger partial charge in [0.25, 0.3) is 0 Å². The summed E-state index contributed by atoms with van der Waals surface area (Å²) in [7, 11) is -9.93. The monoisotopic (exact) mass is 1490 g/mol. The van der Waals surface area contributed by atoms with Gasteiger partial charge in [0.15, 0.2) is 12.2 Å². The van der Waals surface area contributed by atoms with Crippen molar-refractivity contribution in [1.29, 1.82) is 0 Å². The summed E-state index contributed by atoms with van der Waals surface area (Å²) in [5.74, 6) is 1.03. The van der Waals surface area contributed by atoms with Crippen LogP contribution in [0.15, 0.2) is 0 Å². The molecule has 0 saturated heterocycles. The average molecular weight is 1490 g/mol. The minimum atomic E-state index is -4.96. The Bertz CT molecular complexity index is 1990. The van der Waals surface area contributed by atoms with Gasteiger partial charge in [0, 0.05) is 25.7 Å². The van der Waals surface area contributed by atoms with Crippen LogP contribution in [0.2, 0.25) is 0 Å². The van der Waals surface area contributed by atoms with Crippen molar-refractivity contribution in [3.05, 3.63) is 0 Å². The molecule has 0 saturated carbocycles. The Hall–Kier alpha value is -1.94. The predicted octanol–water partition coefficient (Wildman–Crippen LogP) is 24.8. The molecule has 17 nitrogen and oxygen atoms in total. The van der Waals surface area contributed by atoms with Crippen LogP contribution < -0.4 is 0 Å². The van der Waals surface area contributed by atoms with E-state index in [1.165, 1.54) is 225 Å². The number of carbonyl (C=O) groups is 4. The van der Waals surface area contributed by atoms with Crippen molar-refractivity contribution in [3.8, 4) is 0 Å². The highest BCUT2D eigenvalue weighted by Crippen LogP contribution is 2.45. The van der Waals surface area contributed by atoms with E-state index in [1.54, 1.807) is 0 Å². The highest BCUT2D eigenvalue weighted by Gasteiger charge is 2.30. The molecule has 0 spiro atoms. The molecule has 19 heteroatoms. The molecule has 0 radical (unpaired) electrons. The van der Waals surface area contributed by atoms with Crippen molar-refractivity contribution in [3.63, 3.8) is 0 Å². The zero-order chi connectivity index (χ0) is 75.3. The smallest absolute Gasteiger partial charge is 0.462 e. The molecule has 0 fully saturated rings. The molecule has 0 aromatic rings. The second-order valence-electron chi connectivity index (χ2n) is 31.5. The molecule has 0 aliphatic heterocycles. The topological polar surface area (TPSA) is 237 Å². The van der Waals surface area contributed by atoms with E-state index in [0.717, 1.165) is 114 Å². The van der Waals surface area contributed by atoms with E-state index in [-0.39, 0.29) is 25.7 Å². The fraction of sp³-hybridized carbons (Fsp3) is 0.952. The van der Waals surface area contributed by atoms with Crippen LogP contribution >= 0.6 is 15.6 Å². The molecule has 0 aromatic heterocycles. The predicted molar refractivity (Wildman–Crippen MR) is 418 cm³/mol. The van der Waals surface area contributed by atoms with E-state index in [2.05, 4.69) is 55.4 Å². The zero-order valence-electron chi connectivity index (χ0n) is 67.2. The van der Waals surface area contributed by atoms with Crippen LogP contribution in [-0.2, 0) is 65.4 Å². The van der Waals surface area contributed by atoms with Crippen molar-refractivity contribution in [2.75, 3.05) is 39.6 Å². The molecule has 4 unspecified atom stereocenters. The lowest BCUT2D eigenvalue weighted by atomic mass is 9.99. The summed E-state index contributed by atoms with van der Waals surface area (Å²) in [6, 6.07) is 0. The number of aliphatic hydroxyl groups excluding tert-OH is 1. The summed E-state index contributed by atoms with van der Waals surface area (Å²) in [6.07, 6.45) is 59.6. The van der Waals surface area contributed by atoms with Gasteiger partial charge in [0.1, 0.15) is 19.3 Å². The highest BCUT2D eigenvalue weighted by molar-refractivity contribution is 7.47. The number of esters is 4. The van der Waals surface area contributed by atoms with Gasteiger partial charge < -0.3 is 33.8 Å². The largest absolute Gasteiger partial charge is 0.472 e. The summed E-state index contributed by atoms with van der Waals surface area (Å²) < 4.78 is 68.8. The molecular weight excluding hydrogens is 1330 g/mol. The molecule has 6 atom stereocenters. The molecular formula is C83H162O17P2. The summed E-state index contributed by atoms with van der Waals surface area (Å²) in [5, 5.41) is 10.7. The molecule has 0 heterocycles. The van der Waals surface area contributed by atoms with Gasteiger partial charge in [-0.1, -0.05) is 376 Å². The average Bonchev–Trinajstić information content (AvgIpc) is 0.911. The Kier molecular flexibility index (Phi) is 70.6. The number of rotatable bonds is 80. The summed E-state index contributed by atoms with van der Waals surface area (Å²) in [6.45, 7) is 14.3. The van der Waals surface area contributed by atoms with Crippen molar-refractivity contribution in [2.45, 2.75) is 446 Å².